The number of aliphatic imine (C=N–C) groups is 1. The molecule has 1 atom stereocenters. The number of carbonyl (C=O) groups is 1. The van der Waals surface area contributed by atoms with Gasteiger partial charge in [-0.1, -0.05) is 19.1 Å². The Morgan fingerprint density at radius 2 is 2.19 bits per heavy atom. The van der Waals surface area contributed by atoms with Crippen molar-refractivity contribution in [2.45, 2.75) is 51.0 Å². The predicted molar refractivity (Wildman–Crippen MR) is 102 cm³/mol. The van der Waals surface area contributed by atoms with Crippen LogP contribution in [0.5, 0.6) is 0 Å². The normalized spacial score (nSPS) is 21.6. The fourth-order valence-corrected chi connectivity index (χ4v) is 3.58. The van der Waals surface area contributed by atoms with Crippen LogP contribution >= 0.6 is 0 Å². The van der Waals surface area contributed by atoms with Gasteiger partial charge in [-0.15, -0.1) is 0 Å². The molecule has 142 valence electrons. The molecule has 0 aromatic heterocycles. The van der Waals surface area contributed by atoms with Crippen LogP contribution in [-0.2, 0) is 10.2 Å². The highest BCUT2D eigenvalue weighted by Gasteiger charge is 2.44. The van der Waals surface area contributed by atoms with Crippen LogP contribution in [0.1, 0.15) is 45.1 Å². The molecule has 1 unspecified atom stereocenters. The molecule has 0 bridgehead atoms. The van der Waals surface area contributed by atoms with E-state index in [1.807, 2.05) is 24.8 Å². The summed E-state index contributed by atoms with van der Waals surface area (Å²) in [5.41, 5.74) is 1.02. The van der Waals surface area contributed by atoms with E-state index >= 15 is 0 Å². The number of nitrogens with zero attached hydrogens (tertiary/aromatic N) is 2. The maximum absolute atomic E-state index is 13.6. The Hall–Kier alpha value is -2.11. The maximum Gasteiger partial charge on any atom is 0.222 e. The van der Waals surface area contributed by atoms with Crippen LogP contribution in [-0.4, -0.2) is 49.0 Å². The van der Waals surface area contributed by atoms with Crippen molar-refractivity contribution < 1.29 is 9.18 Å². The van der Waals surface area contributed by atoms with Crippen molar-refractivity contribution >= 4 is 11.9 Å². The van der Waals surface area contributed by atoms with Crippen LogP contribution in [0.2, 0.25) is 0 Å². The lowest BCUT2D eigenvalue weighted by molar-refractivity contribution is -0.129. The molecule has 1 amide bonds. The van der Waals surface area contributed by atoms with E-state index in [-0.39, 0.29) is 23.2 Å². The number of nitrogens with one attached hydrogen (secondary N) is 2. The largest absolute Gasteiger partial charge is 0.357 e. The van der Waals surface area contributed by atoms with E-state index in [9.17, 15) is 9.18 Å². The summed E-state index contributed by atoms with van der Waals surface area (Å²) in [7, 11) is 0. The SMILES string of the molecule is CCNC(=NCC1(c2cccc(F)c2)CC1)NC1CCN(C(=O)CC)C1. The smallest absolute Gasteiger partial charge is 0.222 e. The Morgan fingerprint density at radius 1 is 1.38 bits per heavy atom. The summed E-state index contributed by atoms with van der Waals surface area (Å²) in [5, 5.41) is 6.75. The molecule has 1 aliphatic carbocycles. The lowest BCUT2D eigenvalue weighted by Crippen LogP contribution is -2.45. The minimum absolute atomic E-state index is 0.0235. The van der Waals surface area contributed by atoms with Crippen molar-refractivity contribution in [3.8, 4) is 0 Å². The minimum atomic E-state index is -0.186. The minimum Gasteiger partial charge on any atom is -0.357 e. The highest BCUT2D eigenvalue weighted by molar-refractivity contribution is 5.81. The van der Waals surface area contributed by atoms with E-state index in [1.165, 1.54) is 6.07 Å². The second kappa shape index (κ2) is 8.06. The lowest BCUT2D eigenvalue weighted by Gasteiger charge is -2.20. The van der Waals surface area contributed by atoms with Crippen LogP contribution in [0.15, 0.2) is 29.3 Å². The van der Waals surface area contributed by atoms with Gasteiger partial charge in [-0.05, 0) is 43.9 Å². The van der Waals surface area contributed by atoms with Gasteiger partial charge in [0.15, 0.2) is 5.96 Å². The predicted octanol–water partition coefficient (Wildman–Crippen LogP) is 2.42. The number of benzene rings is 1. The Balaban J connectivity index is 1.62. The third-order valence-corrected chi connectivity index (χ3v) is 5.36. The molecular weight excluding hydrogens is 331 g/mol. The lowest BCUT2D eigenvalue weighted by atomic mass is 9.96. The molecule has 26 heavy (non-hydrogen) atoms. The van der Waals surface area contributed by atoms with Crippen molar-refractivity contribution in [2.24, 2.45) is 4.99 Å². The summed E-state index contributed by atoms with van der Waals surface area (Å²) < 4.78 is 13.6. The number of halogens is 1. The number of hydrogen-bond donors (Lipinski definition) is 2. The third-order valence-electron chi connectivity index (χ3n) is 5.36. The van der Waals surface area contributed by atoms with Gasteiger partial charge in [0, 0.05) is 37.5 Å². The van der Waals surface area contributed by atoms with Crippen molar-refractivity contribution in [1.82, 2.24) is 15.5 Å². The zero-order chi connectivity index (χ0) is 18.6. The summed E-state index contributed by atoms with van der Waals surface area (Å²) in [4.78, 5) is 18.5. The highest BCUT2D eigenvalue weighted by Crippen LogP contribution is 2.48. The quantitative estimate of drug-likeness (QED) is 0.605. The first-order chi connectivity index (χ1) is 12.6. The van der Waals surface area contributed by atoms with Crippen molar-refractivity contribution in [1.29, 1.82) is 0 Å². The van der Waals surface area contributed by atoms with Crippen LogP contribution in [0.25, 0.3) is 0 Å². The van der Waals surface area contributed by atoms with Gasteiger partial charge in [0.1, 0.15) is 5.82 Å². The molecule has 1 saturated heterocycles. The van der Waals surface area contributed by atoms with E-state index in [2.05, 4.69) is 10.6 Å². The summed E-state index contributed by atoms with van der Waals surface area (Å²) in [6.45, 7) is 6.90. The molecule has 0 radical (unpaired) electrons. The molecule has 1 aromatic rings. The van der Waals surface area contributed by atoms with Gasteiger partial charge in [0.25, 0.3) is 0 Å². The maximum atomic E-state index is 13.6. The molecule has 1 aromatic carbocycles. The number of amides is 1. The number of carbonyl (C=O) groups excluding carboxylic acids is 1. The number of guanidine groups is 1. The van der Waals surface area contributed by atoms with Crippen molar-refractivity contribution in [3.05, 3.63) is 35.6 Å². The van der Waals surface area contributed by atoms with E-state index in [0.29, 0.717) is 13.0 Å². The Labute approximate surface area is 155 Å². The van der Waals surface area contributed by atoms with Gasteiger partial charge in [-0.2, -0.15) is 0 Å². The zero-order valence-corrected chi connectivity index (χ0v) is 15.7. The first kappa shape index (κ1) is 18.7. The zero-order valence-electron chi connectivity index (χ0n) is 15.7. The molecule has 6 heteroatoms. The molecule has 1 aliphatic heterocycles. The van der Waals surface area contributed by atoms with Crippen LogP contribution in [0.4, 0.5) is 4.39 Å². The fourth-order valence-electron chi connectivity index (χ4n) is 3.58. The molecule has 2 fully saturated rings. The molecule has 2 aliphatic rings. The first-order valence-corrected chi connectivity index (χ1v) is 9.65. The van der Waals surface area contributed by atoms with Gasteiger partial charge >= 0.3 is 0 Å². The average Bonchev–Trinajstić information content (AvgIpc) is 3.30. The monoisotopic (exact) mass is 360 g/mol. The molecule has 5 nitrogen and oxygen atoms in total. The summed E-state index contributed by atoms with van der Waals surface area (Å²) in [6, 6.07) is 7.12. The van der Waals surface area contributed by atoms with Gasteiger partial charge in [-0.3, -0.25) is 9.79 Å². The number of hydrogen-bond acceptors (Lipinski definition) is 2. The van der Waals surface area contributed by atoms with Crippen LogP contribution < -0.4 is 10.6 Å². The number of likely N-dealkylation sites (tertiary alicyclic amines) is 1. The van der Waals surface area contributed by atoms with Crippen molar-refractivity contribution in [3.63, 3.8) is 0 Å². The van der Waals surface area contributed by atoms with E-state index in [1.54, 1.807) is 12.1 Å². The van der Waals surface area contributed by atoms with Gasteiger partial charge in [0.2, 0.25) is 5.91 Å². The second-order valence-corrected chi connectivity index (χ2v) is 7.31. The van der Waals surface area contributed by atoms with Crippen LogP contribution in [0, 0.1) is 5.82 Å². The highest BCUT2D eigenvalue weighted by atomic mass is 19.1. The summed E-state index contributed by atoms with van der Waals surface area (Å²) in [6.07, 6.45) is 3.57. The Kier molecular flexibility index (Phi) is 5.79. The average molecular weight is 360 g/mol. The Morgan fingerprint density at radius 3 is 2.85 bits per heavy atom. The van der Waals surface area contributed by atoms with Gasteiger partial charge in [0.05, 0.1) is 6.54 Å². The summed E-state index contributed by atoms with van der Waals surface area (Å²) >= 11 is 0. The van der Waals surface area contributed by atoms with Gasteiger partial charge in [-0.25, -0.2) is 4.39 Å². The van der Waals surface area contributed by atoms with E-state index in [0.717, 1.165) is 50.4 Å². The molecule has 1 heterocycles. The molecular formula is C20H29FN4O. The van der Waals surface area contributed by atoms with E-state index < -0.39 is 0 Å². The molecule has 1 saturated carbocycles. The molecule has 3 rings (SSSR count). The standard InChI is InChI=1S/C20H29FN4O/c1-3-18(26)25-11-8-17(13-25)24-19(22-4-2)23-14-20(9-10-20)15-6-5-7-16(21)12-15/h5-7,12,17H,3-4,8-11,13-14H2,1-2H3,(H2,22,23,24). The first-order valence-electron chi connectivity index (χ1n) is 9.65. The fraction of sp³-hybridized carbons (Fsp3) is 0.600. The number of rotatable bonds is 6. The topological polar surface area (TPSA) is 56.7 Å². The molecule has 2 N–H and O–H groups in total. The van der Waals surface area contributed by atoms with Gasteiger partial charge < -0.3 is 15.5 Å². The van der Waals surface area contributed by atoms with E-state index in [4.69, 9.17) is 4.99 Å². The Bertz CT molecular complexity index is 672. The third kappa shape index (κ3) is 4.34. The van der Waals surface area contributed by atoms with Crippen molar-refractivity contribution in [2.75, 3.05) is 26.2 Å². The summed E-state index contributed by atoms with van der Waals surface area (Å²) in [5.74, 6) is 0.805. The second-order valence-electron chi connectivity index (χ2n) is 7.31. The van der Waals surface area contributed by atoms with Crippen LogP contribution in [0.3, 0.4) is 0 Å². The molecule has 0 spiro atoms.